The summed E-state index contributed by atoms with van der Waals surface area (Å²) in [7, 11) is 0. The molecule has 15 heavy (non-hydrogen) atoms. The fourth-order valence-corrected chi connectivity index (χ4v) is 1.23. The minimum Gasteiger partial charge on any atom is -0.490 e. The van der Waals surface area contributed by atoms with Gasteiger partial charge in [0.2, 0.25) is 0 Å². The van der Waals surface area contributed by atoms with Gasteiger partial charge in [0.1, 0.15) is 11.9 Å². The van der Waals surface area contributed by atoms with Crippen molar-refractivity contribution in [2.45, 2.75) is 26.4 Å². The maximum Gasteiger partial charge on any atom is 0.309 e. The van der Waals surface area contributed by atoms with E-state index in [4.69, 9.17) is 9.47 Å². The summed E-state index contributed by atoms with van der Waals surface area (Å²) in [4.78, 5) is 11.1. The van der Waals surface area contributed by atoms with E-state index >= 15 is 0 Å². The maximum atomic E-state index is 11.1. The molecular formula is C12H16O3. The largest absolute Gasteiger partial charge is 0.490 e. The second kappa shape index (κ2) is 6.06. The summed E-state index contributed by atoms with van der Waals surface area (Å²) >= 11 is 0. The van der Waals surface area contributed by atoms with E-state index in [1.54, 1.807) is 6.92 Å². The van der Waals surface area contributed by atoms with Gasteiger partial charge in [0, 0.05) is 0 Å². The molecule has 1 atom stereocenters. The van der Waals surface area contributed by atoms with Crippen molar-refractivity contribution >= 4 is 5.97 Å². The highest BCUT2D eigenvalue weighted by Gasteiger charge is 2.10. The van der Waals surface area contributed by atoms with Gasteiger partial charge in [-0.05, 0) is 26.0 Å². The van der Waals surface area contributed by atoms with Crippen molar-refractivity contribution in [2.75, 3.05) is 6.61 Å². The predicted octanol–water partition coefficient (Wildman–Crippen LogP) is 2.41. The van der Waals surface area contributed by atoms with Crippen molar-refractivity contribution in [1.82, 2.24) is 0 Å². The molecule has 0 heterocycles. The lowest BCUT2D eigenvalue weighted by atomic mass is 10.3. The van der Waals surface area contributed by atoms with Crippen LogP contribution in [0.2, 0.25) is 0 Å². The summed E-state index contributed by atoms with van der Waals surface area (Å²) in [6.45, 7) is 4.06. The molecule has 1 aromatic rings. The second-order valence-corrected chi connectivity index (χ2v) is 3.25. The summed E-state index contributed by atoms with van der Waals surface area (Å²) in [6, 6.07) is 9.44. The van der Waals surface area contributed by atoms with Gasteiger partial charge in [0.15, 0.2) is 0 Å². The molecule has 0 spiro atoms. The molecule has 1 aromatic carbocycles. The molecule has 0 N–H and O–H groups in total. The van der Waals surface area contributed by atoms with Gasteiger partial charge in [0.05, 0.1) is 13.0 Å². The lowest BCUT2D eigenvalue weighted by molar-refractivity contribution is -0.144. The van der Waals surface area contributed by atoms with Crippen molar-refractivity contribution in [3.05, 3.63) is 30.3 Å². The average molecular weight is 208 g/mol. The summed E-state index contributed by atoms with van der Waals surface area (Å²) in [5.74, 6) is 0.551. The Balaban J connectivity index is 2.36. The monoisotopic (exact) mass is 208 g/mol. The molecule has 0 aliphatic heterocycles. The van der Waals surface area contributed by atoms with Gasteiger partial charge in [-0.25, -0.2) is 0 Å². The zero-order chi connectivity index (χ0) is 11.1. The van der Waals surface area contributed by atoms with E-state index in [1.165, 1.54) is 0 Å². The first-order valence-electron chi connectivity index (χ1n) is 5.09. The van der Waals surface area contributed by atoms with E-state index in [2.05, 4.69) is 0 Å². The van der Waals surface area contributed by atoms with Crippen LogP contribution in [0.3, 0.4) is 0 Å². The number of ether oxygens (including phenoxy) is 2. The number of carbonyl (C=O) groups is 1. The Morgan fingerprint density at radius 2 is 2.00 bits per heavy atom. The zero-order valence-electron chi connectivity index (χ0n) is 9.10. The minimum atomic E-state index is -0.221. The molecule has 0 radical (unpaired) electrons. The lowest BCUT2D eigenvalue weighted by Gasteiger charge is -2.13. The van der Waals surface area contributed by atoms with Crippen molar-refractivity contribution in [2.24, 2.45) is 0 Å². The fourth-order valence-electron chi connectivity index (χ4n) is 1.23. The van der Waals surface area contributed by atoms with Crippen LogP contribution in [0.5, 0.6) is 5.75 Å². The van der Waals surface area contributed by atoms with Crippen LogP contribution in [-0.4, -0.2) is 18.7 Å². The summed E-state index contributed by atoms with van der Waals surface area (Å²) in [5.41, 5.74) is 0. The van der Waals surface area contributed by atoms with Crippen LogP contribution >= 0.6 is 0 Å². The van der Waals surface area contributed by atoms with E-state index in [1.807, 2.05) is 37.3 Å². The number of benzene rings is 1. The van der Waals surface area contributed by atoms with Crippen LogP contribution < -0.4 is 4.74 Å². The van der Waals surface area contributed by atoms with Gasteiger partial charge in [-0.1, -0.05) is 18.2 Å². The highest BCUT2D eigenvalue weighted by Crippen LogP contribution is 2.12. The van der Waals surface area contributed by atoms with E-state index < -0.39 is 0 Å². The molecule has 1 rings (SSSR count). The smallest absolute Gasteiger partial charge is 0.309 e. The van der Waals surface area contributed by atoms with Gasteiger partial charge in [-0.15, -0.1) is 0 Å². The highest BCUT2D eigenvalue weighted by molar-refractivity contribution is 5.69. The Kier molecular flexibility index (Phi) is 4.68. The molecule has 0 fully saturated rings. The molecule has 0 aliphatic rings. The Hall–Kier alpha value is -1.51. The van der Waals surface area contributed by atoms with Gasteiger partial charge in [-0.2, -0.15) is 0 Å². The molecule has 0 aliphatic carbocycles. The predicted molar refractivity (Wildman–Crippen MR) is 57.8 cm³/mol. The van der Waals surface area contributed by atoms with E-state index in [-0.39, 0.29) is 18.5 Å². The van der Waals surface area contributed by atoms with Crippen molar-refractivity contribution in [1.29, 1.82) is 0 Å². The average Bonchev–Trinajstić information content (AvgIpc) is 2.19. The molecule has 0 aromatic heterocycles. The molecule has 3 nitrogen and oxygen atoms in total. The van der Waals surface area contributed by atoms with Crippen molar-refractivity contribution < 1.29 is 14.3 Å². The van der Waals surface area contributed by atoms with Crippen LogP contribution in [-0.2, 0) is 9.53 Å². The minimum absolute atomic E-state index is 0.161. The lowest BCUT2D eigenvalue weighted by Crippen LogP contribution is -2.18. The standard InChI is InChI=1S/C12H16O3/c1-3-14-12(13)9-10(2)15-11-7-5-4-6-8-11/h4-8,10H,3,9H2,1-2H3. The second-order valence-electron chi connectivity index (χ2n) is 3.25. The number of rotatable bonds is 5. The molecule has 0 bridgehead atoms. The third-order valence-corrected chi connectivity index (χ3v) is 1.84. The number of para-hydroxylation sites is 1. The number of carbonyl (C=O) groups excluding carboxylic acids is 1. The summed E-state index contributed by atoms with van der Waals surface area (Å²) in [6.07, 6.45) is 0.120. The molecular weight excluding hydrogens is 192 g/mol. The summed E-state index contributed by atoms with van der Waals surface area (Å²) in [5, 5.41) is 0. The normalized spacial score (nSPS) is 11.9. The summed E-state index contributed by atoms with van der Waals surface area (Å²) < 4.78 is 10.4. The van der Waals surface area contributed by atoms with E-state index in [9.17, 15) is 4.79 Å². The van der Waals surface area contributed by atoms with Crippen molar-refractivity contribution in [3.63, 3.8) is 0 Å². The first kappa shape index (κ1) is 11.6. The zero-order valence-corrected chi connectivity index (χ0v) is 9.10. The third-order valence-electron chi connectivity index (χ3n) is 1.84. The first-order valence-corrected chi connectivity index (χ1v) is 5.09. The van der Waals surface area contributed by atoms with E-state index in [0.29, 0.717) is 6.61 Å². The Morgan fingerprint density at radius 1 is 1.33 bits per heavy atom. The van der Waals surface area contributed by atoms with Gasteiger partial charge >= 0.3 is 5.97 Å². The number of hydrogen-bond donors (Lipinski definition) is 0. The van der Waals surface area contributed by atoms with Crippen LogP contribution in [0.4, 0.5) is 0 Å². The topological polar surface area (TPSA) is 35.5 Å². The molecule has 3 heteroatoms. The quantitative estimate of drug-likeness (QED) is 0.697. The van der Waals surface area contributed by atoms with Crippen molar-refractivity contribution in [3.8, 4) is 5.75 Å². The van der Waals surface area contributed by atoms with E-state index in [0.717, 1.165) is 5.75 Å². The SMILES string of the molecule is CCOC(=O)CC(C)Oc1ccccc1. The number of esters is 1. The van der Waals surface area contributed by atoms with Gasteiger partial charge in [-0.3, -0.25) is 4.79 Å². The molecule has 0 saturated heterocycles. The van der Waals surface area contributed by atoms with Crippen LogP contribution in [0.1, 0.15) is 20.3 Å². The third kappa shape index (κ3) is 4.49. The fraction of sp³-hybridized carbons (Fsp3) is 0.417. The molecule has 0 amide bonds. The Bertz CT molecular complexity index is 295. The van der Waals surface area contributed by atoms with Crippen LogP contribution in [0.15, 0.2) is 30.3 Å². The van der Waals surface area contributed by atoms with Crippen LogP contribution in [0.25, 0.3) is 0 Å². The highest BCUT2D eigenvalue weighted by atomic mass is 16.5. The maximum absolute atomic E-state index is 11.1. The number of hydrogen-bond acceptors (Lipinski definition) is 3. The Morgan fingerprint density at radius 3 is 2.60 bits per heavy atom. The molecule has 0 saturated carbocycles. The molecule has 82 valence electrons. The van der Waals surface area contributed by atoms with Crippen LogP contribution in [0, 0.1) is 0 Å². The van der Waals surface area contributed by atoms with Gasteiger partial charge < -0.3 is 9.47 Å². The molecule has 1 unspecified atom stereocenters. The van der Waals surface area contributed by atoms with Gasteiger partial charge in [0.25, 0.3) is 0 Å². The first-order chi connectivity index (χ1) is 7.22. The Labute approximate surface area is 90.0 Å².